The first-order valence-corrected chi connectivity index (χ1v) is 9.65. The fourth-order valence-electron chi connectivity index (χ4n) is 3.17. The van der Waals surface area contributed by atoms with Crippen molar-refractivity contribution >= 4 is 12.0 Å². The Balaban J connectivity index is 1.38. The van der Waals surface area contributed by atoms with Gasteiger partial charge in [-0.15, -0.1) is 0 Å². The van der Waals surface area contributed by atoms with Crippen LogP contribution in [0.5, 0.6) is 5.75 Å². The molecule has 0 aromatic heterocycles. The highest BCUT2D eigenvalue weighted by molar-refractivity contribution is 5.78. The first-order chi connectivity index (χ1) is 13.2. The number of hydrogen-bond donors (Lipinski definition) is 1. The Bertz CT molecular complexity index is 741. The van der Waals surface area contributed by atoms with Crippen LogP contribution in [0.1, 0.15) is 30.9 Å². The van der Waals surface area contributed by atoms with Crippen LogP contribution in [-0.2, 0) is 11.4 Å². The van der Waals surface area contributed by atoms with Gasteiger partial charge in [-0.1, -0.05) is 54.6 Å². The van der Waals surface area contributed by atoms with Crippen LogP contribution in [-0.4, -0.2) is 36.5 Å². The van der Waals surface area contributed by atoms with Crippen molar-refractivity contribution in [1.29, 1.82) is 0 Å². The predicted octanol–water partition coefficient (Wildman–Crippen LogP) is 3.88. The van der Waals surface area contributed by atoms with E-state index in [9.17, 15) is 4.79 Å². The van der Waals surface area contributed by atoms with Crippen LogP contribution in [0.2, 0.25) is 0 Å². The maximum atomic E-state index is 11.7. The summed E-state index contributed by atoms with van der Waals surface area (Å²) in [5, 5.41) is 3.44. The van der Waals surface area contributed by atoms with E-state index in [2.05, 4.69) is 48.7 Å². The predicted molar refractivity (Wildman–Crippen MR) is 110 cm³/mol. The van der Waals surface area contributed by atoms with Crippen molar-refractivity contribution in [2.75, 3.05) is 19.6 Å². The maximum Gasteiger partial charge on any atom is 0.222 e. The molecule has 2 aromatic rings. The molecule has 0 aliphatic carbocycles. The van der Waals surface area contributed by atoms with Crippen LogP contribution in [0.25, 0.3) is 6.08 Å². The first kappa shape index (κ1) is 19.2. The summed E-state index contributed by atoms with van der Waals surface area (Å²) in [7, 11) is 0. The Morgan fingerprint density at radius 1 is 1.15 bits per heavy atom. The number of carbonyl (C=O) groups excluding carboxylic acids is 1. The molecular weight excluding hydrogens is 336 g/mol. The Morgan fingerprint density at radius 3 is 2.63 bits per heavy atom. The molecule has 0 radical (unpaired) electrons. The zero-order valence-corrected chi connectivity index (χ0v) is 15.9. The molecule has 1 aliphatic rings. The van der Waals surface area contributed by atoms with E-state index in [0.717, 1.165) is 42.9 Å². The Labute approximate surface area is 161 Å². The van der Waals surface area contributed by atoms with Gasteiger partial charge in [0.05, 0.1) is 0 Å². The highest BCUT2D eigenvalue weighted by atomic mass is 16.5. The van der Waals surface area contributed by atoms with E-state index in [0.29, 0.717) is 19.1 Å². The van der Waals surface area contributed by atoms with Gasteiger partial charge in [-0.2, -0.15) is 0 Å². The first-order valence-electron chi connectivity index (χ1n) is 9.65. The lowest BCUT2D eigenvalue weighted by Gasteiger charge is -2.21. The van der Waals surface area contributed by atoms with Gasteiger partial charge >= 0.3 is 0 Å². The van der Waals surface area contributed by atoms with Crippen LogP contribution < -0.4 is 10.1 Å². The molecular formula is C23H28N2O2. The number of benzene rings is 2. The second kappa shape index (κ2) is 9.93. The Morgan fingerprint density at radius 2 is 1.93 bits per heavy atom. The minimum atomic E-state index is 0.286. The minimum Gasteiger partial charge on any atom is -0.489 e. The van der Waals surface area contributed by atoms with Crippen molar-refractivity contribution < 1.29 is 9.53 Å². The van der Waals surface area contributed by atoms with Crippen LogP contribution in [0.15, 0.2) is 60.7 Å². The van der Waals surface area contributed by atoms with Crippen molar-refractivity contribution in [3.63, 3.8) is 0 Å². The number of ether oxygens (including phenoxy) is 1. The molecule has 0 bridgehead atoms. The number of likely N-dealkylation sites (tertiary alicyclic amines) is 1. The lowest BCUT2D eigenvalue weighted by Crippen LogP contribution is -2.39. The van der Waals surface area contributed by atoms with Gasteiger partial charge in [-0.25, -0.2) is 0 Å². The lowest BCUT2D eigenvalue weighted by molar-refractivity contribution is -0.127. The van der Waals surface area contributed by atoms with E-state index in [1.54, 1.807) is 0 Å². The molecule has 142 valence electrons. The van der Waals surface area contributed by atoms with E-state index >= 15 is 0 Å². The second-order valence-electron chi connectivity index (χ2n) is 7.00. The Kier molecular flexibility index (Phi) is 7.05. The summed E-state index contributed by atoms with van der Waals surface area (Å²) < 4.78 is 5.81. The molecule has 4 nitrogen and oxygen atoms in total. The molecule has 1 N–H and O–H groups in total. The summed E-state index contributed by atoms with van der Waals surface area (Å²) in [5.74, 6) is 1.16. The van der Waals surface area contributed by atoms with Crippen LogP contribution >= 0.6 is 0 Å². The van der Waals surface area contributed by atoms with Crippen LogP contribution in [0.3, 0.4) is 0 Å². The molecule has 0 saturated carbocycles. The van der Waals surface area contributed by atoms with Crippen LogP contribution in [0, 0.1) is 0 Å². The van der Waals surface area contributed by atoms with E-state index in [4.69, 9.17) is 4.74 Å². The van der Waals surface area contributed by atoms with Crippen molar-refractivity contribution in [3.05, 3.63) is 71.8 Å². The third-order valence-corrected chi connectivity index (χ3v) is 4.69. The largest absolute Gasteiger partial charge is 0.489 e. The number of rotatable bonds is 9. The van der Waals surface area contributed by atoms with Gasteiger partial charge < -0.3 is 15.0 Å². The molecule has 1 saturated heterocycles. The number of hydrogen-bond acceptors (Lipinski definition) is 3. The van der Waals surface area contributed by atoms with Crippen molar-refractivity contribution in [2.45, 2.75) is 32.4 Å². The molecule has 2 aromatic carbocycles. The zero-order chi connectivity index (χ0) is 18.9. The van der Waals surface area contributed by atoms with Gasteiger partial charge in [0.2, 0.25) is 5.91 Å². The van der Waals surface area contributed by atoms with E-state index < -0.39 is 0 Å². The maximum absolute atomic E-state index is 11.7. The van der Waals surface area contributed by atoms with Crippen molar-refractivity contribution in [1.82, 2.24) is 10.2 Å². The molecule has 4 heteroatoms. The summed E-state index contributed by atoms with van der Waals surface area (Å²) >= 11 is 0. The number of carbonyl (C=O) groups is 1. The molecule has 0 spiro atoms. The second-order valence-corrected chi connectivity index (χ2v) is 7.00. The SMILES string of the molecule is CC(CN1CCCC1=O)NC/C=C/c1ccc(OCc2ccccc2)cc1. The third-order valence-electron chi connectivity index (χ3n) is 4.69. The molecule has 27 heavy (non-hydrogen) atoms. The smallest absolute Gasteiger partial charge is 0.222 e. The average Bonchev–Trinajstić information content (AvgIpc) is 3.10. The Hall–Kier alpha value is -2.59. The third kappa shape index (κ3) is 6.26. The molecule has 1 atom stereocenters. The van der Waals surface area contributed by atoms with Gasteiger partial charge in [0, 0.05) is 32.1 Å². The number of nitrogens with one attached hydrogen (secondary N) is 1. The molecule has 1 fully saturated rings. The summed E-state index contributed by atoms with van der Waals surface area (Å²) in [6, 6.07) is 18.6. The average molecular weight is 364 g/mol. The lowest BCUT2D eigenvalue weighted by atomic mass is 10.2. The standard InChI is InChI=1S/C23H28N2O2/c1-19(17-25-16-6-10-23(25)26)24-15-5-9-20-11-13-22(14-12-20)27-18-21-7-3-2-4-8-21/h2-5,7-9,11-14,19,24H,6,10,15-18H2,1H3/b9-5+. The van der Waals surface area contributed by atoms with Gasteiger partial charge in [0.15, 0.2) is 0 Å². The molecule has 1 heterocycles. The highest BCUT2D eigenvalue weighted by Crippen LogP contribution is 2.15. The topological polar surface area (TPSA) is 41.6 Å². The monoisotopic (exact) mass is 364 g/mol. The number of amides is 1. The minimum absolute atomic E-state index is 0.286. The quantitative estimate of drug-likeness (QED) is 0.734. The summed E-state index contributed by atoms with van der Waals surface area (Å²) in [4.78, 5) is 13.6. The van der Waals surface area contributed by atoms with Crippen LogP contribution in [0.4, 0.5) is 0 Å². The summed E-state index contributed by atoms with van der Waals surface area (Å²) in [6.45, 7) is 5.19. The molecule has 1 aliphatic heterocycles. The van der Waals surface area contributed by atoms with Gasteiger partial charge in [0.25, 0.3) is 0 Å². The fraction of sp³-hybridized carbons (Fsp3) is 0.348. The number of nitrogens with zero attached hydrogens (tertiary/aromatic N) is 1. The van der Waals surface area contributed by atoms with Crippen molar-refractivity contribution in [2.24, 2.45) is 0 Å². The fourth-order valence-corrected chi connectivity index (χ4v) is 3.17. The molecule has 1 amide bonds. The summed E-state index contributed by atoms with van der Waals surface area (Å²) in [5.41, 5.74) is 2.31. The van der Waals surface area contributed by atoms with Gasteiger partial charge in [-0.3, -0.25) is 4.79 Å². The zero-order valence-electron chi connectivity index (χ0n) is 15.9. The van der Waals surface area contributed by atoms with E-state index in [1.807, 2.05) is 35.2 Å². The van der Waals surface area contributed by atoms with Gasteiger partial charge in [0.1, 0.15) is 12.4 Å². The summed E-state index contributed by atoms with van der Waals surface area (Å²) in [6.07, 6.45) is 5.91. The van der Waals surface area contributed by atoms with Crippen molar-refractivity contribution in [3.8, 4) is 5.75 Å². The molecule has 1 unspecified atom stereocenters. The van der Waals surface area contributed by atoms with E-state index in [1.165, 1.54) is 0 Å². The van der Waals surface area contributed by atoms with Gasteiger partial charge in [-0.05, 0) is 36.6 Å². The highest BCUT2D eigenvalue weighted by Gasteiger charge is 2.21. The normalized spacial score (nSPS) is 15.4. The molecule has 3 rings (SSSR count). The van der Waals surface area contributed by atoms with E-state index in [-0.39, 0.29) is 5.91 Å².